The average Bonchev–Trinajstić information content (AvgIpc) is 1.96. The van der Waals surface area contributed by atoms with Gasteiger partial charge in [-0.3, -0.25) is 14.3 Å². The maximum atomic E-state index is 11.2. The Morgan fingerprint density at radius 3 is 2.15 bits per heavy atom. The second-order valence-electron chi connectivity index (χ2n) is 2.00. The molecule has 13 heavy (non-hydrogen) atoms. The van der Waals surface area contributed by atoms with Crippen LogP contribution in [-0.2, 0) is 24.6 Å². The molecule has 0 heterocycles. The Morgan fingerprint density at radius 2 is 1.92 bits per heavy atom. The molecule has 1 unspecified atom stereocenters. The number of carboxylic acids is 1. The van der Waals surface area contributed by atoms with Crippen molar-refractivity contribution < 1.29 is 37.1 Å². The van der Waals surface area contributed by atoms with Crippen molar-refractivity contribution in [1.29, 1.82) is 0 Å². The van der Waals surface area contributed by atoms with Crippen LogP contribution in [0.25, 0.3) is 0 Å². The highest BCUT2D eigenvalue weighted by molar-refractivity contribution is 7.87. The summed E-state index contributed by atoms with van der Waals surface area (Å²) in [6.45, 7) is 0. The Kier molecular flexibility index (Phi) is 3.75. The molecule has 0 aliphatic carbocycles. The molecule has 0 aromatic heterocycles. The van der Waals surface area contributed by atoms with Gasteiger partial charge in [0.1, 0.15) is 0 Å². The summed E-state index contributed by atoms with van der Waals surface area (Å²) in [6.07, 6.45) is -1.26. The highest BCUT2D eigenvalue weighted by atomic mass is 32.2. The van der Waals surface area contributed by atoms with E-state index in [0.717, 1.165) is 0 Å². The van der Waals surface area contributed by atoms with E-state index in [0.29, 0.717) is 0 Å². The van der Waals surface area contributed by atoms with E-state index in [1.807, 2.05) is 0 Å². The van der Waals surface area contributed by atoms with Gasteiger partial charge in [0.05, 0.1) is 6.42 Å². The smallest absolute Gasteiger partial charge is 0.369 e. The first-order valence-corrected chi connectivity index (χ1v) is 4.30. The highest BCUT2D eigenvalue weighted by Crippen LogP contribution is 2.07. The number of hydrogen-bond acceptors (Lipinski definition) is 5. The molecule has 0 aliphatic heterocycles. The van der Waals surface area contributed by atoms with Crippen LogP contribution in [-0.4, -0.2) is 35.3 Å². The Hall–Kier alpha value is -1.22. The lowest BCUT2D eigenvalue weighted by molar-refractivity contribution is -0.183. The molecule has 0 spiro atoms. The zero-order valence-corrected chi connectivity index (χ0v) is 6.82. The number of rotatable bonds is 4. The van der Waals surface area contributed by atoms with Gasteiger partial charge in [0.15, 0.2) is 5.25 Å². The predicted molar refractivity (Wildman–Crippen MR) is 34.8 cm³/mol. The van der Waals surface area contributed by atoms with Crippen LogP contribution in [0.3, 0.4) is 0 Å². The molecule has 0 saturated heterocycles. The second kappa shape index (κ2) is 4.14. The number of hydrogen-bond donors (Lipinski definition) is 2. The summed E-state index contributed by atoms with van der Waals surface area (Å²) in [5, 5.41) is 5.65. The summed E-state index contributed by atoms with van der Waals surface area (Å²) in [5.74, 6) is -3.65. The van der Waals surface area contributed by atoms with E-state index >= 15 is 0 Å². The first kappa shape index (κ1) is 11.8. The lowest BCUT2D eigenvalue weighted by Gasteiger charge is -2.05. The van der Waals surface area contributed by atoms with Crippen molar-refractivity contribution in [2.24, 2.45) is 0 Å². The van der Waals surface area contributed by atoms with Crippen molar-refractivity contribution in [3.05, 3.63) is 0 Å². The zero-order chi connectivity index (χ0) is 10.6. The van der Waals surface area contributed by atoms with Crippen LogP contribution >= 0.6 is 0 Å². The minimum Gasteiger partial charge on any atom is -0.481 e. The molecule has 0 rings (SSSR count). The number of aliphatic carboxylic acids is 1. The van der Waals surface area contributed by atoms with Crippen molar-refractivity contribution in [2.75, 3.05) is 0 Å². The van der Waals surface area contributed by atoms with Crippen molar-refractivity contribution in [1.82, 2.24) is 0 Å². The van der Waals surface area contributed by atoms with Gasteiger partial charge in [0.2, 0.25) is 0 Å². The van der Waals surface area contributed by atoms with Gasteiger partial charge in [-0.25, -0.2) is 4.79 Å². The normalized spacial score (nSPS) is 13.4. The highest BCUT2D eigenvalue weighted by Gasteiger charge is 2.35. The van der Waals surface area contributed by atoms with Crippen molar-refractivity contribution in [2.45, 2.75) is 11.7 Å². The molecule has 7 nitrogen and oxygen atoms in total. The standard InChI is InChI=1S/C4H5FO7S/c5-12-4(8)2(1-3(6)7)13(9,10)11/h2H,1H2,(H,6,7)(H,9,10,11). The van der Waals surface area contributed by atoms with Gasteiger partial charge in [-0.15, -0.1) is 0 Å². The first-order valence-electron chi connectivity index (χ1n) is 2.79. The molecule has 0 saturated carbocycles. The summed E-state index contributed by atoms with van der Waals surface area (Å²) < 4.78 is 40.1. The Bertz CT molecular complexity index is 306. The second-order valence-corrected chi connectivity index (χ2v) is 3.60. The van der Waals surface area contributed by atoms with Crippen LogP contribution in [0.5, 0.6) is 0 Å². The van der Waals surface area contributed by atoms with Crippen molar-refractivity contribution in [3.63, 3.8) is 0 Å². The van der Waals surface area contributed by atoms with Crippen LogP contribution in [0.15, 0.2) is 0 Å². The van der Waals surface area contributed by atoms with Crippen LogP contribution in [0.2, 0.25) is 0 Å². The largest absolute Gasteiger partial charge is 0.481 e. The maximum absolute atomic E-state index is 11.2. The number of carbonyl (C=O) groups excluding carboxylic acids is 1. The summed E-state index contributed by atoms with van der Waals surface area (Å²) in [7, 11) is -4.97. The fraction of sp³-hybridized carbons (Fsp3) is 0.500. The predicted octanol–water partition coefficient (Wildman–Crippen LogP) is -0.855. The van der Waals surface area contributed by atoms with Gasteiger partial charge >= 0.3 is 11.9 Å². The van der Waals surface area contributed by atoms with E-state index in [2.05, 4.69) is 4.94 Å². The first-order chi connectivity index (χ1) is 5.79. The van der Waals surface area contributed by atoms with Gasteiger partial charge in [-0.1, -0.05) is 0 Å². The molecule has 0 aromatic rings. The van der Waals surface area contributed by atoms with Gasteiger partial charge in [-0.2, -0.15) is 8.42 Å². The lowest BCUT2D eigenvalue weighted by Crippen LogP contribution is -2.32. The summed E-state index contributed by atoms with van der Waals surface area (Å²) in [4.78, 5) is 22.8. The lowest BCUT2D eigenvalue weighted by atomic mass is 10.3. The topological polar surface area (TPSA) is 118 Å². The molecule has 0 bridgehead atoms. The van der Waals surface area contributed by atoms with Crippen LogP contribution in [0.4, 0.5) is 4.53 Å². The number of carboxylic acid groups (broad SMARTS) is 1. The third kappa shape index (κ3) is 3.80. The third-order valence-electron chi connectivity index (χ3n) is 1.06. The molecule has 0 radical (unpaired) electrons. The van der Waals surface area contributed by atoms with E-state index in [1.165, 1.54) is 0 Å². The quantitative estimate of drug-likeness (QED) is 0.587. The van der Waals surface area contributed by atoms with Crippen LogP contribution in [0, 0.1) is 0 Å². The minimum absolute atomic E-state index is 1.26. The van der Waals surface area contributed by atoms with E-state index in [9.17, 15) is 22.5 Å². The van der Waals surface area contributed by atoms with Gasteiger partial charge < -0.3 is 5.11 Å². The SMILES string of the molecule is O=C(O)CC(C(=O)OF)S(=O)(=O)O. The molecule has 0 aliphatic rings. The molecule has 0 fully saturated rings. The Balaban J connectivity index is 4.77. The van der Waals surface area contributed by atoms with E-state index < -0.39 is 33.7 Å². The molecule has 9 heteroatoms. The van der Waals surface area contributed by atoms with Crippen LogP contribution < -0.4 is 0 Å². The Morgan fingerprint density at radius 1 is 1.46 bits per heavy atom. The number of carbonyl (C=O) groups is 2. The molecule has 0 amide bonds. The monoisotopic (exact) mass is 216 g/mol. The van der Waals surface area contributed by atoms with Crippen molar-refractivity contribution >= 4 is 22.1 Å². The average molecular weight is 216 g/mol. The van der Waals surface area contributed by atoms with Crippen molar-refractivity contribution in [3.8, 4) is 0 Å². The van der Waals surface area contributed by atoms with Crippen LogP contribution in [0.1, 0.15) is 6.42 Å². The molecule has 76 valence electrons. The van der Waals surface area contributed by atoms with Gasteiger partial charge in [0.25, 0.3) is 10.1 Å². The fourth-order valence-corrected chi connectivity index (χ4v) is 1.15. The molecular weight excluding hydrogens is 211 g/mol. The molecular formula is C4H5FO7S. The molecule has 1 atom stereocenters. The Labute approximate surface area is 71.8 Å². The summed E-state index contributed by atoms with van der Waals surface area (Å²) in [5.41, 5.74) is 0. The van der Waals surface area contributed by atoms with E-state index in [1.54, 1.807) is 0 Å². The van der Waals surface area contributed by atoms with E-state index in [-0.39, 0.29) is 0 Å². The van der Waals surface area contributed by atoms with Gasteiger partial charge in [-0.05, 0) is 0 Å². The minimum atomic E-state index is -4.97. The molecule has 2 N–H and O–H groups in total. The fourth-order valence-electron chi connectivity index (χ4n) is 0.519. The summed E-state index contributed by atoms with van der Waals surface area (Å²) in [6, 6.07) is 0. The number of halogens is 1. The maximum Gasteiger partial charge on any atom is 0.369 e. The third-order valence-corrected chi connectivity index (χ3v) is 2.14. The molecule has 0 aromatic carbocycles. The van der Waals surface area contributed by atoms with E-state index in [4.69, 9.17) is 9.66 Å². The zero-order valence-electron chi connectivity index (χ0n) is 6.01. The van der Waals surface area contributed by atoms with Gasteiger partial charge in [0, 0.05) is 4.53 Å². The summed E-state index contributed by atoms with van der Waals surface area (Å²) >= 11 is 0.